The molecule has 0 aliphatic carbocycles. The third-order valence-corrected chi connectivity index (χ3v) is 7.18. The van der Waals surface area contributed by atoms with Crippen molar-refractivity contribution >= 4 is 56.1 Å². The highest BCUT2D eigenvalue weighted by atomic mass is 32.1. The number of thiophene rings is 1. The molecule has 4 rings (SSSR count). The molecule has 6 nitrogen and oxygen atoms in total. The van der Waals surface area contributed by atoms with Crippen LogP contribution in [0.15, 0.2) is 54.1 Å². The number of anilines is 1. The van der Waals surface area contributed by atoms with Gasteiger partial charge >= 0.3 is 5.97 Å². The van der Waals surface area contributed by atoms with Gasteiger partial charge in [0.15, 0.2) is 0 Å². The summed E-state index contributed by atoms with van der Waals surface area (Å²) in [5.74, 6) is -0.876. The number of ether oxygens (including phenoxy) is 1. The van der Waals surface area contributed by atoms with Crippen molar-refractivity contribution in [1.82, 2.24) is 4.57 Å². The van der Waals surface area contributed by atoms with Gasteiger partial charge in [-0.1, -0.05) is 38.1 Å². The first-order chi connectivity index (χ1) is 16.9. The summed E-state index contributed by atoms with van der Waals surface area (Å²) >= 11 is 1.32. The maximum absolute atomic E-state index is 13.0. The Kier molecular flexibility index (Phi) is 7.04. The van der Waals surface area contributed by atoms with Gasteiger partial charge in [-0.3, -0.25) is 4.79 Å². The topological polar surface area (TPSA) is 84.1 Å². The van der Waals surface area contributed by atoms with Crippen LogP contribution in [0.2, 0.25) is 0 Å². The largest absolute Gasteiger partial charge is 0.462 e. The molecule has 0 saturated heterocycles. The van der Waals surface area contributed by atoms with Gasteiger partial charge in [0.25, 0.3) is 5.91 Å². The van der Waals surface area contributed by atoms with E-state index in [2.05, 4.69) is 28.9 Å². The Morgan fingerprint density at radius 1 is 1.11 bits per heavy atom. The number of carbonyl (C=O) groups is 2. The SMILES string of the molecule is CCOC(=O)c1cc(C(C)C)sc1NC(=O)/C(C#N)=C/c1ccc2c(c1)c1ccccc1n2CC. The van der Waals surface area contributed by atoms with Crippen molar-refractivity contribution in [2.75, 3.05) is 11.9 Å². The second kappa shape index (κ2) is 10.2. The first-order valence-electron chi connectivity index (χ1n) is 11.6. The number of aryl methyl sites for hydroxylation is 1. The maximum atomic E-state index is 13.0. The first kappa shape index (κ1) is 24.2. The predicted molar refractivity (Wildman–Crippen MR) is 142 cm³/mol. The average Bonchev–Trinajstić information content (AvgIpc) is 3.41. The highest BCUT2D eigenvalue weighted by Gasteiger charge is 2.21. The third-order valence-electron chi connectivity index (χ3n) is 5.83. The average molecular weight is 486 g/mol. The smallest absolute Gasteiger partial charge is 0.341 e. The fourth-order valence-corrected chi connectivity index (χ4v) is 5.18. The van der Waals surface area contributed by atoms with Gasteiger partial charge < -0.3 is 14.6 Å². The lowest BCUT2D eigenvalue weighted by Crippen LogP contribution is -2.15. The number of nitrogens with one attached hydrogen (secondary N) is 1. The van der Waals surface area contributed by atoms with Crippen LogP contribution < -0.4 is 5.32 Å². The Bertz CT molecular complexity index is 1500. The van der Waals surface area contributed by atoms with Gasteiger partial charge in [-0.15, -0.1) is 11.3 Å². The summed E-state index contributed by atoms with van der Waals surface area (Å²) in [5, 5.41) is 15.1. The third kappa shape index (κ3) is 4.71. The molecule has 0 bridgehead atoms. The minimum Gasteiger partial charge on any atom is -0.462 e. The van der Waals surface area contributed by atoms with Gasteiger partial charge in [0, 0.05) is 33.2 Å². The van der Waals surface area contributed by atoms with Gasteiger partial charge in [-0.05, 0) is 55.7 Å². The van der Waals surface area contributed by atoms with Crippen molar-refractivity contribution in [3.63, 3.8) is 0 Å². The fourth-order valence-electron chi connectivity index (χ4n) is 4.14. The van der Waals surface area contributed by atoms with Crippen molar-refractivity contribution in [3.05, 3.63) is 70.1 Å². The monoisotopic (exact) mass is 485 g/mol. The maximum Gasteiger partial charge on any atom is 0.341 e. The number of fused-ring (bicyclic) bond motifs is 3. The van der Waals surface area contributed by atoms with Crippen molar-refractivity contribution in [2.24, 2.45) is 0 Å². The molecule has 2 aromatic heterocycles. The molecule has 0 aliphatic heterocycles. The van der Waals surface area contributed by atoms with E-state index in [0.717, 1.165) is 38.8 Å². The van der Waals surface area contributed by atoms with Crippen LogP contribution in [0.5, 0.6) is 0 Å². The van der Waals surface area contributed by atoms with Crippen LogP contribution in [0.3, 0.4) is 0 Å². The van der Waals surface area contributed by atoms with E-state index in [-0.39, 0.29) is 18.1 Å². The van der Waals surface area contributed by atoms with E-state index in [1.807, 2.05) is 50.2 Å². The number of esters is 1. The molecule has 1 amide bonds. The quantitative estimate of drug-likeness (QED) is 0.179. The molecule has 0 aliphatic rings. The Morgan fingerprint density at radius 2 is 1.86 bits per heavy atom. The summed E-state index contributed by atoms with van der Waals surface area (Å²) in [7, 11) is 0. The fraction of sp³-hybridized carbons (Fsp3) is 0.250. The van der Waals surface area contributed by atoms with Gasteiger partial charge in [0.1, 0.15) is 16.6 Å². The lowest BCUT2D eigenvalue weighted by atomic mass is 10.1. The van der Waals surface area contributed by atoms with Crippen molar-refractivity contribution < 1.29 is 14.3 Å². The van der Waals surface area contributed by atoms with E-state index in [1.54, 1.807) is 19.1 Å². The van der Waals surface area contributed by atoms with E-state index in [9.17, 15) is 14.9 Å². The molecule has 0 fully saturated rings. The van der Waals surface area contributed by atoms with Crippen molar-refractivity contribution in [2.45, 2.75) is 40.2 Å². The number of hydrogen-bond acceptors (Lipinski definition) is 5. The molecule has 0 unspecified atom stereocenters. The Labute approximate surface area is 208 Å². The second-order valence-electron chi connectivity index (χ2n) is 8.43. The molecule has 0 atom stereocenters. The molecule has 35 heavy (non-hydrogen) atoms. The first-order valence-corrected chi connectivity index (χ1v) is 12.4. The highest BCUT2D eigenvalue weighted by molar-refractivity contribution is 7.16. The molecule has 7 heteroatoms. The number of benzene rings is 2. The van der Waals surface area contributed by atoms with Crippen LogP contribution in [0.25, 0.3) is 27.9 Å². The molecule has 2 heterocycles. The number of hydrogen-bond donors (Lipinski definition) is 1. The number of amides is 1. The summed E-state index contributed by atoms with van der Waals surface area (Å²) in [5.41, 5.74) is 3.27. The van der Waals surface area contributed by atoms with Crippen LogP contribution in [-0.2, 0) is 16.1 Å². The normalized spacial score (nSPS) is 11.7. The molecule has 0 saturated carbocycles. The number of nitrogens with zero attached hydrogens (tertiary/aromatic N) is 2. The van der Waals surface area contributed by atoms with Gasteiger partial charge in [-0.2, -0.15) is 5.26 Å². The number of rotatable bonds is 7. The van der Waals surface area contributed by atoms with Gasteiger partial charge in [0.2, 0.25) is 0 Å². The molecule has 0 radical (unpaired) electrons. The zero-order valence-corrected chi connectivity index (χ0v) is 21.0. The van der Waals surface area contributed by atoms with E-state index in [1.165, 1.54) is 11.3 Å². The van der Waals surface area contributed by atoms with Crippen LogP contribution in [0.4, 0.5) is 5.00 Å². The van der Waals surface area contributed by atoms with Gasteiger partial charge in [-0.25, -0.2) is 4.79 Å². The molecule has 178 valence electrons. The van der Waals surface area contributed by atoms with E-state index >= 15 is 0 Å². The minimum atomic E-state index is -0.564. The molecular weight excluding hydrogens is 458 g/mol. The van der Waals surface area contributed by atoms with E-state index in [4.69, 9.17) is 4.74 Å². The summed E-state index contributed by atoms with van der Waals surface area (Å²) in [6.45, 7) is 8.94. The predicted octanol–water partition coefficient (Wildman–Crippen LogP) is 6.72. The zero-order chi connectivity index (χ0) is 25.1. The standard InChI is InChI=1S/C28H27N3O3S/c1-5-31-23-10-8-7-9-20(23)21-14-18(11-12-24(21)31)13-19(16-29)26(32)30-27-22(28(33)34-6-2)15-25(35-27)17(3)4/h7-15,17H,5-6H2,1-4H3,(H,30,32)/b19-13+. The molecule has 2 aromatic carbocycles. The number of aromatic nitrogens is 1. The Balaban J connectivity index is 1.69. The van der Waals surface area contributed by atoms with Crippen LogP contribution >= 0.6 is 11.3 Å². The highest BCUT2D eigenvalue weighted by Crippen LogP contribution is 2.34. The summed E-state index contributed by atoms with van der Waals surface area (Å²) < 4.78 is 7.39. The number of carbonyl (C=O) groups excluding carboxylic acids is 2. The second-order valence-corrected chi connectivity index (χ2v) is 9.51. The van der Waals surface area contributed by atoms with Crippen LogP contribution in [0, 0.1) is 11.3 Å². The van der Waals surface area contributed by atoms with Crippen molar-refractivity contribution in [1.29, 1.82) is 5.26 Å². The van der Waals surface area contributed by atoms with Gasteiger partial charge in [0.05, 0.1) is 12.2 Å². The summed E-state index contributed by atoms with van der Waals surface area (Å²) in [6.07, 6.45) is 1.58. The number of para-hydroxylation sites is 1. The molecular formula is C28H27N3O3S. The van der Waals surface area contributed by atoms with E-state index < -0.39 is 11.9 Å². The minimum absolute atomic E-state index is 0.0436. The van der Waals surface area contributed by atoms with E-state index in [0.29, 0.717) is 10.6 Å². The van der Waals surface area contributed by atoms with Crippen LogP contribution in [0.1, 0.15) is 54.4 Å². The molecule has 0 spiro atoms. The lowest BCUT2D eigenvalue weighted by Gasteiger charge is -2.06. The van der Waals surface area contributed by atoms with Crippen molar-refractivity contribution in [3.8, 4) is 6.07 Å². The lowest BCUT2D eigenvalue weighted by molar-refractivity contribution is -0.112. The van der Waals surface area contributed by atoms with Crippen LogP contribution in [-0.4, -0.2) is 23.1 Å². The number of nitriles is 1. The zero-order valence-electron chi connectivity index (χ0n) is 20.2. The molecule has 1 N–H and O–H groups in total. The Hall–Kier alpha value is -3.89. The summed E-state index contributed by atoms with van der Waals surface area (Å²) in [6, 6.07) is 17.9. The Morgan fingerprint density at radius 3 is 2.54 bits per heavy atom. The summed E-state index contributed by atoms with van der Waals surface area (Å²) in [4.78, 5) is 26.4. The molecule has 4 aromatic rings.